The molecule has 1 amide bonds. The molecule has 0 spiro atoms. The Bertz CT molecular complexity index is 872. The number of halogens is 2. The highest BCUT2D eigenvalue weighted by Crippen LogP contribution is 2.39. The molecule has 1 heterocycles. The van der Waals surface area contributed by atoms with E-state index >= 15 is 0 Å². The summed E-state index contributed by atoms with van der Waals surface area (Å²) in [5.41, 5.74) is 1.26. The number of amides is 1. The zero-order valence-corrected chi connectivity index (χ0v) is 18.1. The first-order valence-electron chi connectivity index (χ1n) is 9.56. The lowest BCUT2D eigenvalue weighted by Crippen LogP contribution is -2.36. The first-order valence-corrected chi connectivity index (χ1v) is 10.4. The summed E-state index contributed by atoms with van der Waals surface area (Å²) in [6, 6.07) is 7.89. The Morgan fingerprint density at radius 2 is 1.83 bits per heavy atom. The van der Waals surface area contributed by atoms with Gasteiger partial charge in [0.1, 0.15) is 17.3 Å². The third-order valence-corrected chi connectivity index (χ3v) is 4.93. The summed E-state index contributed by atoms with van der Waals surface area (Å²) >= 11 is 3.20. The van der Waals surface area contributed by atoms with Gasteiger partial charge in [-0.3, -0.25) is 4.79 Å². The van der Waals surface area contributed by atoms with Crippen LogP contribution in [-0.4, -0.2) is 45.4 Å². The summed E-state index contributed by atoms with van der Waals surface area (Å²) < 4.78 is 31.8. The minimum absolute atomic E-state index is 0.0501. The van der Waals surface area contributed by atoms with Crippen LogP contribution < -0.4 is 19.7 Å². The molecular formula is C21H24BrFN2O4. The van der Waals surface area contributed by atoms with Gasteiger partial charge >= 0.3 is 0 Å². The van der Waals surface area contributed by atoms with Gasteiger partial charge in [-0.25, -0.2) is 4.39 Å². The highest BCUT2D eigenvalue weighted by atomic mass is 79.9. The third-order valence-electron chi connectivity index (χ3n) is 4.44. The number of anilines is 2. The molecule has 1 saturated heterocycles. The predicted octanol–water partition coefficient (Wildman–Crippen LogP) is 4.47. The summed E-state index contributed by atoms with van der Waals surface area (Å²) in [5, 5.41) is 2.76. The van der Waals surface area contributed by atoms with E-state index in [0.29, 0.717) is 48.1 Å². The van der Waals surface area contributed by atoms with E-state index in [1.165, 1.54) is 12.1 Å². The Labute approximate surface area is 178 Å². The molecule has 0 saturated carbocycles. The average molecular weight is 467 g/mol. The SMILES string of the molecule is CCOc1cc(N2CCOCC2)c(OCC)cc1NC(=O)c1ccc(Br)cc1F. The van der Waals surface area contributed by atoms with Crippen molar-refractivity contribution in [1.29, 1.82) is 0 Å². The average Bonchev–Trinajstić information content (AvgIpc) is 2.70. The Morgan fingerprint density at radius 1 is 1.14 bits per heavy atom. The number of ether oxygens (including phenoxy) is 3. The Kier molecular flexibility index (Phi) is 7.33. The number of nitrogens with zero attached hydrogens (tertiary/aromatic N) is 1. The van der Waals surface area contributed by atoms with E-state index in [2.05, 4.69) is 26.1 Å². The molecule has 3 rings (SSSR count). The summed E-state index contributed by atoms with van der Waals surface area (Å²) in [4.78, 5) is 14.8. The van der Waals surface area contributed by atoms with E-state index in [0.717, 1.165) is 18.8 Å². The van der Waals surface area contributed by atoms with Crippen LogP contribution in [0.15, 0.2) is 34.8 Å². The Balaban J connectivity index is 1.95. The second kappa shape index (κ2) is 9.93. The van der Waals surface area contributed by atoms with Crippen LogP contribution in [0.2, 0.25) is 0 Å². The molecule has 1 aliphatic rings. The fourth-order valence-corrected chi connectivity index (χ4v) is 3.44. The molecule has 0 radical (unpaired) electrons. The van der Waals surface area contributed by atoms with Crippen molar-refractivity contribution in [1.82, 2.24) is 0 Å². The molecule has 29 heavy (non-hydrogen) atoms. The van der Waals surface area contributed by atoms with Crippen molar-refractivity contribution in [2.75, 3.05) is 49.7 Å². The number of nitrogens with one attached hydrogen (secondary N) is 1. The molecule has 0 atom stereocenters. The van der Waals surface area contributed by atoms with Crippen LogP contribution in [0.3, 0.4) is 0 Å². The van der Waals surface area contributed by atoms with Crippen molar-refractivity contribution < 1.29 is 23.4 Å². The van der Waals surface area contributed by atoms with E-state index in [1.54, 1.807) is 12.1 Å². The first-order chi connectivity index (χ1) is 14.0. The second-order valence-corrected chi connectivity index (χ2v) is 7.28. The molecule has 2 aromatic rings. The normalized spacial score (nSPS) is 13.9. The standard InChI is InChI=1S/C21H24BrFN2O4/c1-3-28-19-13-18(25-7-9-27-10-8-25)20(29-4-2)12-17(19)24-21(26)15-6-5-14(22)11-16(15)23/h5-6,11-13H,3-4,7-10H2,1-2H3,(H,24,26). The summed E-state index contributed by atoms with van der Waals surface area (Å²) in [7, 11) is 0. The second-order valence-electron chi connectivity index (χ2n) is 6.36. The monoisotopic (exact) mass is 466 g/mol. The van der Waals surface area contributed by atoms with Gasteiger partial charge in [0.05, 0.1) is 43.4 Å². The van der Waals surface area contributed by atoms with Gasteiger partial charge in [-0.2, -0.15) is 0 Å². The predicted molar refractivity (Wildman–Crippen MR) is 114 cm³/mol. The molecule has 1 fully saturated rings. The fraction of sp³-hybridized carbons (Fsp3) is 0.381. The van der Waals surface area contributed by atoms with Crippen molar-refractivity contribution in [3.8, 4) is 11.5 Å². The smallest absolute Gasteiger partial charge is 0.258 e. The summed E-state index contributed by atoms with van der Waals surface area (Å²) in [6.45, 7) is 7.41. The molecule has 0 unspecified atom stereocenters. The molecule has 6 nitrogen and oxygen atoms in total. The lowest BCUT2D eigenvalue weighted by Gasteiger charge is -2.31. The van der Waals surface area contributed by atoms with Crippen LogP contribution in [0.1, 0.15) is 24.2 Å². The zero-order chi connectivity index (χ0) is 20.8. The number of hydrogen-bond donors (Lipinski definition) is 1. The van der Waals surface area contributed by atoms with E-state index in [-0.39, 0.29) is 5.56 Å². The largest absolute Gasteiger partial charge is 0.492 e. The van der Waals surface area contributed by atoms with Gasteiger partial charge in [-0.1, -0.05) is 15.9 Å². The van der Waals surface area contributed by atoms with Gasteiger partial charge in [0.15, 0.2) is 0 Å². The summed E-state index contributed by atoms with van der Waals surface area (Å²) in [6.07, 6.45) is 0. The van der Waals surface area contributed by atoms with Crippen LogP contribution in [0.25, 0.3) is 0 Å². The van der Waals surface area contributed by atoms with Crippen LogP contribution in [0.5, 0.6) is 11.5 Å². The van der Waals surface area contributed by atoms with Gasteiger partial charge in [0.2, 0.25) is 0 Å². The zero-order valence-electron chi connectivity index (χ0n) is 16.5. The summed E-state index contributed by atoms with van der Waals surface area (Å²) in [5.74, 6) is -0.0323. The van der Waals surface area contributed by atoms with Gasteiger partial charge in [0, 0.05) is 29.7 Å². The van der Waals surface area contributed by atoms with E-state index < -0.39 is 11.7 Å². The van der Waals surface area contributed by atoms with Gasteiger partial charge in [-0.15, -0.1) is 0 Å². The topological polar surface area (TPSA) is 60.0 Å². The molecule has 0 aromatic heterocycles. The molecular weight excluding hydrogens is 443 g/mol. The van der Waals surface area contributed by atoms with Gasteiger partial charge < -0.3 is 24.4 Å². The van der Waals surface area contributed by atoms with Crippen LogP contribution in [-0.2, 0) is 4.74 Å². The van der Waals surface area contributed by atoms with Crippen molar-refractivity contribution in [3.05, 3.63) is 46.2 Å². The number of carbonyl (C=O) groups is 1. The van der Waals surface area contributed by atoms with Gasteiger partial charge in [0.25, 0.3) is 5.91 Å². The molecule has 2 aromatic carbocycles. The van der Waals surface area contributed by atoms with Crippen molar-refractivity contribution in [2.45, 2.75) is 13.8 Å². The Morgan fingerprint density at radius 3 is 2.48 bits per heavy atom. The molecule has 156 valence electrons. The van der Waals surface area contributed by atoms with Crippen molar-refractivity contribution in [2.24, 2.45) is 0 Å². The Hall–Kier alpha value is -2.32. The molecule has 1 aliphatic heterocycles. The number of benzene rings is 2. The lowest BCUT2D eigenvalue weighted by atomic mass is 10.1. The first kappa shape index (κ1) is 21.4. The maximum Gasteiger partial charge on any atom is 0.258 e. The quantitative estimate of drug-likeness (QED) is 0.651. The van der Waals surface area contributed by atoms with Crippen LogP contribution in [0.4, 0.5) is 15.8 Å². The minimum atomic E-state index is -0.607. The maximum absolute atomic E-state index is 14.2. The molecule has 0 bridgehead atoms. The number of carbonyl (C=O) groups excluding carboxylic acids is 1. The highest BCUT2D eigenvalue weighted by molar-refractivity contribution is 9.10. The van der Waals surface area contributed by atoms with Crippen molar-refractivity contribution in [3.63, 3.8) is 0 Å². The van der Waals surface area contributed by atoms with Crippen LogP contribution in [0, 0.1) is 5.82 Å². The van der Waals surface area contributed by atoms with Crippen molar-refractivity contribution >= 4 is 33.2 Å². The van der Waals surface area contributed by atoms with E-state index in [4.69, 9.17) is 14.2 Å². The number of morpholine rings is 1. The third kappa shape index (κ3) is 5.19. The van der Waals surface area contributed by atoms with Crippen LogP contribution >= 0.6 is 15.9 Å². The fourth-order valence-electron chi connectivity index (χ4n) is 3.11. The molecule has 1 N–H and O–H groups in total. The lowest BCUT2D eigenvalue weighted by molar-refractivity contribution is 0.102. The van der Waals surface area contributed by atoms with E-state index in [9.17, 15) is 9.18 Å². The molecule has 8 heteroatoms. The number of hydrogen-bond acceptors (Lipinski definition) is 5. The minimum Gasteiger partial charge on any atom is -0.492 e. The van der Waals surface area contributed by atoms with Gasteiger partial charge in [-0.05, 0) is 32.0 Å². The van der Waals surface area contributed by atoms with E-state index in [1.807, 2.05) is 19.9 Å². The number of rotatable bonds is 7. The maximum atomic E-state index is 14.2. The highest BCUT2D eigenvalue weighted by Gasteiger charge is 2.21. The molecule has 0 aliphatic carbocycles.